The fraction of sp³-hybridized carbons (Fsp3) is 0. The van der Waals surface area contributed by atoms with Gasteiger partial charge in [0.05, 0.1) is 15.4 Å². The van der Waals surface area contributed by atoms with E-state index in [-0.39, 0.29) is 16.1 Å². The molecule has 0 aliphatic heterocycles. The molecule has 0 radical (unpaired) electrons. The van der Waals surface area contributed by atoms with Gasteiger partial charge in [-0.15, -0.1) is 0 Å². The first-order chi connectivity index (χ1) is 9.49. The minimum atomic E-state index is -1.23. The lowest BCUT2D eigenvalue weighted by Gasteiger charge is -2.06. The topological polar surface area (TPSA) is 80.4 Å². The van der Waals surface area contributed by atoms with Gasteiger partial charge in [-0.05, 0) is 24.3 Å². The van der Waals surface area contributed by atoms with Crippen LogP contribution >= 0.6 is 11.8 Å². The molecule has 0 aromatic heterocycles. The molecule has 0 amide bonds. The first-order valence-corrected chi connectivity index (χ1v) is 6.25. The molecule has 2 rings (SSSR count). The normalized spacial score (nSPS) is 10.2. The number of benzene rings is 2. The monoisotopic (exact) mass is 293 g/mol. The molecule has 0 spiro atoms. The third-order valence-corrected chi connectivity index (χ3v) is 3.59. The number of rotatable bonds is 4. The summed E-state index contributed by atoms with van der Waals surface area (Å²) < 4.78 is 13.7. The second kappa shape index (κ2) is 5.70. The number of carbonyl (C=O) groups is 1. The molecule has 0 aliphatic rings. The summed E-state index contributed by atoms with van der Waals surface area (Å²) in [6.07, 6.45) is 0. The van der Waals surface area contributed by atoms with Gasteiger partial charge in [0.25, 0.3) is 5.69 Å². The number of nitro groups is 1. The first-order valence-electron chi connectivity index (χ1n) is 5.43. The highest BCUT2D eigenvalue weighted by molar-refractivity contribution is 7.99. The number of non-ortho nitro benzene ring substituents is 1. The van der Waals surface area contributed by atoms with Crippen LogP contribution in [0, 0.1) is 15.9 Å². The van der Waals surface area contributed by atoms with Crippen molar-refractivity contribution in [2.75, 3.05) is 0 Å². The van der Waals surface area contributed by atoms with Gasteiger partial charge in [-0.3, -0.25) is 10.1 Å². The molecule has 102 valence electrons. The van der Waals surface area contributed by atoms with Gasteiger partial charge in [-0.2, -0.15) is 0 Å². The number of nitro benzene ring substituents is 1. The Morgan fingerprint density at radius 1 is 1.20 bits per heavy atom. The van der Waals surface area contributed by atoms with Crippen molar-refractivity contribution < 1.29 is 19.2 Å². The van der Waals surface area contributed by atoms with Gasteiger partial charge in [0.15, 0.2) is 0 Å². The van der Waals surface area contributed by atoms with Crippen molar-refractivity contribution in [3.63, 3.8) is 0 Å². The van der Waals surface area contributed by atoms with Gasteiger partial charge < -0.3 is 5.11 Å². The van der Waals surface area contributed by atoms with Crippen LogP contribution in [0.3, 0.4) is 0 Å². The molecule has 0 bridgehead atoms. The molecule has 0 unspecified atom stereocenters. The quantitative estimate of drug-likeness (QED) is 0.688. The van der Waals surface area contributed by atoms with E-state index in [1.807, 2.05) is 0 Å². The molecule has 0 saturated heterocycles. The number of carboxylic acids is 1. The zero-order valence-corrected chi connectivity index (χ0v) is 10.8. The van der Waals surface area contributed by atoms with Crippen molar-refractivity contribution >= 4 is 23.4 Å². The molecular weight excluding hydrogens is 285 g/mol. The number of halogens is 1. The number of hydrogen-bond acceptors (Lipinski definition) is 4. The van der Waals surface area contributed by atoms with Crippen LogP contribution < -0.4 is 0 Å². The minimum absolute atomic E-state index is 0.0196. The van der Waals surface area contributed by atoms with Gasteiger partial charge >= 0.3 is 5.97 Å². The highest BCUT2D eigenvalue weighted by Crippen LogP contribution is 2.33. The second-order valence-electron chi connectivity index (χ2n) is 3.77. The summed E-state index contributed by atoms with van der Waals surface area (Å²) in [5.74, 6) is -1.87. The van der Waals surface area contributed by atoms with Gasteiger partial charge in [0.2, 0.25) is 0 Å². The lowest BCUT2D eigenvalue weighted by atomic mass is 10.2. The fourth-order valence-corrected chi connectivity index (χ4v) is 2.47. The molecular formula is C13H8FNO4S. The van der Waals surface area contributed by atoms with E-state index in [9.17, 15) is 19.3 Å². The number of carboxylic acid groups (broad SMARTS) is 1. The maximum absolute atomic E-state index is 13.7. The van der Waals surface area contributed by atoms with E-state index in [0.29, 0.717) is 4.90 Å². The highest BCUT2D eigenvalue weighted by atomic mass is 32.2. The van der Waals surface area contributed by atoms with Crippen LogP contribution in [-0.2, 0) is 0 Å². The first kappa shape index (κ1) is 14.0. The Hall–Kier alpha value is -2.41. The van der Waals surface area contributed by atoms with Gasteiger partial charge in [-0.1, -0.05) is 17.8 Å². The van der Waals surface area contributed by atoms with Crippen molar-refractivity contribution in [2.24, 2.45) is 0 Å². The van der Waals surface area contributed by atoms with Crippen molar-refractivity contribution in [2.45, 2.75) is 9.79 Å². The molecule has 0 fully saturated rings. The molecule has 1 N–H and O–H groups in total. The lowest BCUT2D eigenvalue weighted by molar-refractivity contribution is -0.384. The molecule has 7 heteroatoms. The van der Waals surface area contributed by atoms with Crippen LogP contribution in [0.4, 0.5) is 10.1 Å². The van der Waals surface area contributed by atoms with Crippen LogP contribution in [0.25, 0.3) is 0 Å². The Balaban J connectivity index is 2.34. The Morgan fingerprint density at radius 3 is 2.40 bits per heavy atom. The molecule has 2 aromatic rings. The molecule has 0 atom stereocenters. The smallest absolute Gasteiger partial charge is 0.336 e. The van der Waals surface area contributed by atoms with Gasteiger partial charge in [0, 0.05) is 17.0 Å². The Bertz CT molecular complexity index is 673. The van der Waals surface area contributed by atoms with E-state index in [1.54, 1.807) is 0 Å². The zero-order chi connectivity index (χ0) is 14.7. The van der Waals surface area contributed by atoms with E-state index in [0.717, 1.165) is 11.8 Å². The van der Waals surface area contributed by atoms with Crippen molar-refractivity contribution in [3.05, 3.63) is 64.0 Å². The molecule has 5 nitrogen and oxygen atoms in total. The van der Waals surface area contributed by atoms with Crippen LogP contribution in [0.2, 0.25) is 0 Å². The van der Waals surface area contributed by atoms with Crippen LogP contribution in [0.5, 0.6) is 0 Å². The van der Waals surface area contributed by atoms with Crippen molar-refractivity contribution in [1.29, 1.82) is 0 Å². The van der Waals surface area contributed by atoms with Crippen molar-refractivity contribution in [1.82, 2.24) is 0 Å². The van der Waals surface area contributed by atoms with Gasteiger partial charge in [0.1, 0.15) is 5.82 Å². The van der Waals surface area contributed by atoms with E-state index in [2.05, 4.69) is 0 Å². The maximum atomic E-state index is 13.7. The Labute approximate surface area is 117 Å². The maximum Gasteiger partial charge on any atom is 0.336 e. The summed E-state index contributed by atoms with van der Waals surface area (Å²) in [7, 11) is 0. The Kier molecular flexibility index (Phi) is 3.99. The average Bonchev–Trinajstić information content (AvgIpc) is 2.41. The molecule has 0 saturated carbocycles. The summed E-state index contributed by atoms with van der Waals surface area (Å²) in [6, 6.07) is 9.24. The third kappa shape index (κ3) is 2.94. The van der Waals surface area contributed by atoms with E-state index in [4.69, 9.17) is 5.11 Å². The largest absolute Gasteiger partial charge is 0.478 e. The highest BCUT2D eigenvalue weighted by Gasteiger charge is 2.15. The van der Waals surface area contributed by atoms with E-state index in [1.165, 1.54) is 42.5 Å². The van der Waals surface area contributed by atoms with Gasteiger partial charge in [-0.25, -0.2) is 9.18 Å². The third-order valence-electron chi connectivity index (χ3n) is 2.46. The average molecular weight is 293 g/mol. The van der Waals surface area contributed by atoms with Crippen LogP contribution in [-0.4, -0.2) is 16.0 Å². The predicted octanol–water partition coefficient (Wildman–Crippen LogP) is 3.58. The van der Waals surface area contributed by atoms with Crippen LogP contribution in [0.15, 0.2) is 52.3 Å². The summed E-state index contributed by atoms with van der Waals surface area (Å²) in [6.45, 7) is 0. The predicted molar refractivity (Wildman–Crippen MR) is 70.6 cm³/mol. The SMILES string of the molecule is O=C(O)c1cccc(F)c1Sc1ccc([N+](=O)[O-])cc1. The lowest BCUT2D eigenvalue weighted by Crippen LogP contribution is -2.00. The van der Waals surface area contributed by atoms with E-state index >= 15 is 0 Å². The van der Waals surface area contributed by atoms with Crippen LogP contribution in [0.1, 0.15) is 10.4 Å². The molecule has 2 aromatic carbocycles. The standard InChI is InChI=1S/C13H8FNO4S/c14-11-3-1-2-10(13(16)17)12(11)20-9-6-4-8(5-7-9)15(18)19/h1-7H,(H,16,17). The second-order valence-corrected chi connectivity index (χ2v) is 4.86. The number of nitrogens with zero attached hydrogens (tertiary/aromatic N) is 1. The summed E-state index contributed by atoms with van der Waals surface area (Å²) in [5.41, 5.74) is -0.227. The Morgan fingerprint density at radius 2 is 1.85 bits per heavy atom. The minimum Gasteiger partial charge on any atom is -0.478 e. The molecule has 0 heterocycles. The fourth-order valence-electron chi connectivity index (χ4n) is 1.53. The van der Waals surface area contributed by atoms with Crippen molar-refractivity contribution in [3.8, 4) is 0 Å². The summed E-state index contributed by atoms with van der Waals surface area (Å²) >= 11 is 0.911. The van der Waals surface area contributed by atoms with E-state index < -0.39 is 16.7 Å². The number of aromatic carboxylic acids is 1. The zero-order valence-electron chi connectivity index (χ0n) is 9.95. The summed E-state index contributed by atoms with van der Waals surface area (Å²) in [4.78, 5) is 21.5. The molecule has 0 aliphatic carbocycles. The number of hydrogen-bond donors (Lipinski definition) is 1. The molecule has 20 heavy (non-hydrogen) atoms. The summed E-state index contributed by atoms with van der Waals surface area (Å²) in [5, 5.41) is 19.5.